The van der Waals surface area contributed by atoms with Crippen LogP contribution in [0.3, 0.4) is 0 Å². The fourth-order valence-electron chi connectivity index (χ4n) is 1.91. The van der Waals surface area contributed by atoms with Gasteiger partial charge in [0, 0.05) is 12.6 Å². The van der Waals surface area contributed by atoms with Gasteiger partial charge in [0.05, 0.1) is 0 Å². The third-order valence-electron chi connectivity index (χ3n) is 2.54. The van der Waals surface area contributed by atoms with Crippen LogP contribution in [0.2, 0.25) is 0 Å². The van der Waals surface area contributed by atoms with Crippen LogP contribution in [0.25, 0.3) is 0 Å². The van der Waals surface area contributed by atoms with Crippen LogP contribution in [0.1, 0.15) is 25.7 Å². The molecule has 0 aromatic carbocycles. The van der Waals surface area contributed by atoms with E-state index in [1.54, 1.807) is 0 Å². The van der Waals surface area contributed by atoms with Crippen LogP contribution < -0.4 is 15.6 Å². The molecule has 0 heterocycles. The van der Waals surface area contributed by atoms with Crippen LogP contribution in [-0.4, -0.2) is 21.0 Å². The van der Waals surface area contributed by atoms with E-state index in [9.17, 15) is 8.42 Å². The van der Waals surface area contributed by atoms with Crippen molar-refractivity contribution in [1.29, 1.82) is 0 Å². The summed E-state index contributed by atoms with van der Waals surface area (Å²) in [5, 5.41) is 4.89. The third-order valence-corrected chi connectivity index (χ3v) is 3.17. The van der Waals surface area contributed by atoms with E-state index in [4.69, 9.17) is 10.9 Å². The Balaban J connectivity index is 2.51. The first-order valence-corrected chi connectivity index (χ1v) is 6.07. The lowest BCUT2D eigenvalue weighted by atomic mass is 9.99. The van der Waals surface area contributed by atoms with E-state index in [1.165, 1.54) is 0 Å². The fraction of sp³-hybridized carbons (Fsp3) is 1.00. The minimum atomic E-state index is -3.60. The molecule has 0 aromatic heterocycles. The van der Waals surface area contributed by atoms with E-state index in [0.29, 0.717) is 12.5 Å². The molecule has 1 atom stereocenters. The van der Waals surface area contributed by atoms with Gasteiger partial charge in [-0.25, -0.2) is 5.14 Å². The van der Waals surface area contributed by atoms with Crippen LogP contribution in [0.15, 0.2) is 0 Å². The normalized spacial score (nSPS) is 22.0. The van der Waals surface area contributed by atoms with Crippen molar-refractivity contribution in [2.75, 3.05) is 6.54 Å². The average Bonchev–Trinajstić information content (AvgIpc) is 2.50. The number of hydrogen-bond donors (Lipinski definition) is 3. The molecule has 1 unspecified atom stereocenters. The van der Waals surface area contributed by atoms with E-state index >= 15 is 0 Å². The standard InChI is InChI=1S/C7H17N3O2S/c8-5-7(10-13(9,11)12)6-3-1-2-4-6/h6-7,10H,1-5,8H2,(H2,9,11,12). The van der Waals surface area contributed by atoms with Gasteiger partial charge in [0.25, 0.3) is 10.2 Å². The number of rotatable bonds is 4. The molecule has 0 spiro atoms. The maximum atomic E-state index is 10.8. The largest absolute Gasteiger partial charge is 0.329 e. The Morgan fingerprint density at radius 1 is 1.38 bits per heavy atom. The zero-order chi connectivity index (χ0) is 9.90. The zero-order valence-corrected chi connectivity index (χ0v) is 8.39. The molecule has 0 bridgehead atoms. The van der Waals surface area contributed by atoms with Gasteiger partial charge in [0.1, 0.15) is 0 Å². The molecule has 0 aliphatic heterocycles. The van der Waals surface area contributed by atoms with Gasteiger partial charge in [-0.2, -0.15) is 13.1 Å². The molecular formula is C7H17N3O2S. The van der Waals surface area contributed by atoms with Crippen LogP contribution in [0.5, 0.6) is 0 Å². The second kappa shape index (κ2) is 4.36. The minimum Gasteiger partial charge on any atom is -0.329 e. The van der Waals surface area contributed by atoms with Gasteiger partial charge in [-0.15, -0.1) is 0 Å². The molecule has 5 N–H and O–H groups in total. The number of nitrogens with two attached hydrogens (primary N) is 2. The minimum absolute atomic E-state index is 0.183. The molecule has 0 saturated heterocycles. The Bertz CT molecular complexity index is 246. The Labute approximate surface area is 79.0 Å². The molecule has 1 saturated carbocycles. The zero-order valence-electron chi connectivity index (χ0n) is 7.57. The van der Waals surface area contributed by atoms with E-state index in [1.807, 2.05) is 0 Å². The highest BCUT2D eigenvalue weighted by molar-refractivity contribution is 7.87. The monoisotopic (exact) mass is 207 g/mol. The van der Waals surface area contributed by atoms with Crippen molar-refractivity contribution >= 4 is 10.2 Å². The predicted octanol–water partition coefficient (Wildman–Crippen LogP) is -0.703. The first-order chi connectivity index (χ1) is 6.03. The summed E-state index contributed by atoms with van der Waals surface area (Å²) >= 11 is 0. The molecule has 78 valence electrons. The molecular weight excluding hydrogens is 190 g/mol. The van der Waals surface area contributed by atoms with Crippen molar-refractivity contribution in [2.45, 2.75) is 31.7 Å². The van der Waals surface area contributed by atoms with Gasteiger partial charge in [-0.05, 0) is 18.8 Å². The van der Waals surface area contributed by atoms with Crippen molar-refractivity contribution in [2.24, 2.45) is 16.8 Å². The predicted molar refractivity (Wildman–Crippen MR) is 51.0 cm³/mol. The Morgan fingerprint density at radius 2 is 1.92 bits per heavy atom. The lowest BCUT2D eigenvalue weighted by Gasteiger charge is -2.21. The summed E-state index contributed by atoms with van der Waals surface area (Å²) in [6.07, 6.45) is 4.41. The van der Waals surface area contributed by atoms with E-state index < -0.39 is 10.2 Å². The summed E-state index contributed by atoms with van der Waals surface area (Å²) in [6, 6.07) is -0.183. The van der Waals surface area contributed by atoms with Gasteiger partial charge in [-0.1, -0.05) is 12.8 Å². The maximum absolute atomic E-state index is 10.8. The van der Waals surface area contributed by atoms with Crippen LogP contribution in [0, 0.1) is 5.92 Å². The first kappa shape index (κ1) is 10.9. The quantitative estimate of drug-likeness (QED) is 0.568. The van der Waals surface area contributed by atoms with Crippen LogP contribution in [0.4, 0.5) is 0 Å². The van der Waals surface area contributed by atoms with Crippen molar-refractivity contribution in [1.82, 2.24) is 4.72 Å². The summed E-state index contributed by atoms with van der Waals surface area (Å²) in [4.78, 5) is 0. The summed E-state index contributed by atoms with van der Waals surface area (Å²) in [5.74, 6) is 0.364. The summed E-state index contributed by atoms with van der Waals surface area (Å²) in [7, 11) is -3.60. The van der Waals surface area contributed by atoms with Gasteiger partial charge >= 0.3 is 0 Å². The average molecular weight is 207 g/mol. The molecule has 1 aliphatic rings. The smallest absolute Gasteiger partial charge is 0.274 e. The van der Waals surface area contributed by atoms with Gasteiger partial charge in [-0.3, -0.25) is 0 Å². The maximum Gasteiger partial charge on any atom is 0.274 e. The Hall–Kier alpha value is -0.170. The highest BCUT2D eigenvalue weighted by Crippen LogP contribution is 2.27. The van der Waals surface area contributed by atoms with E-state index in [2.05, 4.69) is 4.72 Å². The highest BCUT2D eigenvalue weighted by Gasteiger charge is 2.26. The lowest BCUT2D eigenvalue weighted by Crippen LogP contribution is -2.47. The Morgan fingerprint density at radius 3 is 2.31 bits per heavy atom. The van der Waals surface area contributed by atoms with Crippen LogP contribution >= 0.6 is 0 Å². The molecule has 0 aromatic rings. The molecule has 5 nitrogen and oxygen atoms in total. The van der Waals surface area contributed by atoms with E-state index in [-0.39, 0.29) is 6.04 Å². The fourth-order valence-corrected chi connectivity index (χ4v) is 2.62. The molecule has 13 heavy (non-hydrogen) atoms. The lowest BCUT2D eigenvalue weighted by molar-refractivity contribution is 0.406. The summed E-state index contributed by atoms with van der Waals surface area (Å²) < 4.78 is 23.9. The van der Waals surface area contributed by atoms with Crippen molar-refractivity contribution in [3.05, 3.63) is 0 Å². The summed E-state index contributed by atoms with van der Waals surface area (Å²) in [5.41, 5.74) is 5.48. The van der Waals surface area contributed by atoms with E-state index in [0.717, 1.165) is 25.7 Å². The van der Waals surface area contributed by atoms with Crippen molar-refractivity contribution in [3.63, 3.8) is 0 Å². The Kier molecular flexibility index (Phi) is 3.66. The van der Waals surface area contributed by atoms with Gasteiger partial charge in [0.2, 0.25) is 0 Å². The van der Waals surface area contributed by atoms with Gasteiger partial charge in [0.15, 0.2) is 0 Å². The van der Waals surface area contributed by atoms with Gasteiger partial charge < -0.3 is 5.73 Å². The second-order valence-corrected chi connectivity index (χ2v) is 4.88. The highest BCUT2D eigenvalue weighted by atomic mass is 32.2. The SMILES string of the molecule is NCC(NS(N)(=O)=O)C1CCCC1. The first-order valence-electron chi connectivity index (χ1n) is 4.53. The molecule has 1 aliphatic carbocycles. The molecule has 1 rings (SSSR count). The molecule has 0 radical (unpaired) electrons. The molecule has 0 amide bonds. The number of nitrogens with one attached hydrogen (secondary N) is 1. The number of hydrogen-bond acceptors (Lipinski definition) is 3. The second-order valence-electron chi connectivity index (χ2n) is 3.55. The molecule has 1 fully saturated rings. The molecule has 6 heteroatoms. The summed E-state index contributed by atoms with van der Waals surface area (Å²) in [6.45, 7) is 0.321. The van der Waals surface area contributed by atoms with Crippen molar-refractivity contribution < 1.29 is 8.42 Å². The third kappa shape index (κ3) is 3.60. The van der Waals surface area contributed by atoms with Crippen LogP contribution in [-0.2, 0) is 10.2 Å². The van der Waals surface area contributed by atoms with Crippen molar-refractivity contribution in [3.8, 4) is 0 Å². The topological polar surface area (TPSA) is 98.2 Å².